The quantitative estimate of drug-likeness (QED) is 0.490. The Morgan fingerprint density at radius 2 is 1.90 bits per heavy atom. The molecule has 0 aliphatic rings. The first-order valence-corrected chi connectivity index (χ1v) is 9.37. The van der Waals surface area contributed by atoms with Gasteiger partial charge in [-0.25, -0.2) is 9.37 Å². The van der Waals surface area contributed by atoms with Crippen molar-refractivity contribution in [2.24, 2.45) is 0 Å². The Balaban J connectivity index is 1.31. The third kappa shape index (κ3) is 4.89. The molecule has 2 heterocycles. The van der Waals surface area contributed by atoms with Crippen LogP contribution in [0.4, 0.5) is 10.1 Å². The third-order valence-electron chi connectivity index (χ3n) is 4.24. The Morgan fingerprint density at radius 1 is 1.13 bits per heavy atom. The summed E-state index contributed by atoms with van der Waals surface area (Å²) < 4.78 is 30.7. The van der Waals surface area contributed by atoms with Gasteiger partial charge in [-0.2, -0.15) is 0 Å². The molecule has 0 radical (unpaired) electrons. The minimum absolute atomic E-state index is 0.0124. The zero-order chi connectivity index (χ0) is 21.8. The van der Waals surface area contributed by atoms with Crippen molar-refractivity contribution >= 4 is 17.2 Å². The van der Waals surface area contributed by atoms with Crippen LogP contribution in [0.1, 0.15) is 11.5 Å². The van der Waals surface area contributed by atoms with Crippen LogP contribution in [-0.2, 0) is 11.4 Å². The molecule has 2 aromatic heterocycles. The topological polar surface area (TPSA) is 95.1 Å². The Kier molecular flexibility index (Phi) is 5.65. The molecule has 0 aliphatic heterocycles. The number of benzene rings is 2. The van der Waals surface area contributed by atoms with Crippen LogP contribution >= 0.6 is 0 Å². The number of fused-ring (bicyclic) bond motifs is 1. The summed E-state index contributed by atoms with van der Waals surface area (Å²) in [5.41, 5.74) is 1.08. The van der Waals surface area contributed by atoms with Crippen LogP contribution in [0.5, 0.6) is 11.5 Å². The molecular weight excluding hydrogens is 405 g/mol. The molecule has 158 valence electrons. The number of hydrogen-bond donors (Lipinski definition) is 1. The Hall–Kier alpha value is -4.14. The highest BCUT2D eigenvalue weighted by atomic mass is 19.1. The van der Waals surface area contributed by atoms with Gasteiger partial charge in [0.1, 0.15) is 18.1 Å². The highest BCUT2D eigenvalue weighted by molar-refractivity contribution is 5.91. The first-order valence-electron chi connectivity index (χ1n) is 9.37. The monoisotopic (exact) mass is 423 g/mol. The van der Waals surface area contributed by atoms with Crippen LogP contribution in [0.2, 0.25) is 0 Å². The van der Waals surface area contributed by atoms with Gasteiger partial charge in [0.15, 0.2) is 23.8 Å². The Labute approximate surface area is 175 Å². The molecule has 0 atom stereocenters. The first-order chi connectivity index (χ1) is 15.0. The normalized spacial score (nSPS) is 10.8. The number of rotatable bonds is 7. The van der Waals surface area contributed by atoms with Crippen molar-refractivity contribution in [2.75, 3.05) is 11.9 Å². The smallest absolute Gasteiger partial charge is 0.287 e. The number of anilines is 1. The molecule has 0 saturated carbocycles. The van der Waals surface area contributed by atoms with Crippen molar-refractivity contribution in [2.45, 2.75) is 13.5 Å². The molecule has 1 amide bonds. The van der Waals surface area contributed by atoms with Crippen LogP contribution in [-0.4, -0.2) is 22.1 Å². The van der Waals surface area contributed by atoms with E-state index in [1.807, 2.05) is 0 Å². The molecule has 1 N–H and O–H groups in total. The zero-order valence-corrected chi connectivity index (χ0v) is 16.5. The van der Waals surface area contributed by atoms with Gasteiger partial charge in [0.05, 0.1) is 5.69 Å². The van der Waals surface area contributed by atoms with Crippen LogP contribution in [0, 0.1) is 12.7 Å². The van der Waals surface area contributed by atoms with Crippen molar-refractivity contribution in [3.8, 4) is 11.5 Å². The van der Waals surface area contributed by atoms with E-state index in [0.29, 0.717) is 28.5 Å². The standard InChI is InChI=1S/C22H18FN3O5/c1-14-10-20-24-16(11-22(28)26(20)31-14)12-29-17-8-6-15(7-9-17)25-21(27)13-30-19-5-3-2-4-18(19)23/h2-11H,12-13H2,1H3,(H,25,27). The number of para-hydroxylation sites is 1. The summed E-state index contributed by atoms with van der Waals surface area (Å²) in [5, 5.41) is 2.65. The van der Waals surface area contributed by atoms with Crippen molar-refractivity contribution in [1.82, 2.24) is 9.56 Å². The number of aromatic nitrogens is 2. The summed E-state index contributed by atoms with van der Waals surface area (Å²) in [6.07, 6.45) is 0. The van der Waals surface area contributed by atoms with E-state index in [-0.39, 0.29) is 24.5 Å². The number of amides is 1. The predicted molar refractivity (Wildman–Crippen MR) is 110 cm³/mol. The lowest BCUT2D eigenvalue weighted by molar-refractivity contribution is -0.118. The fourth-order valence-corrected chi connectivity index (χ4v) is 2.84. The fraction of sp³-hybridized carbons (Fsp3) is 0.136. The second kappa shape index (κ2) is 8.70. The maximum atomic E-state index is 13.5. The molecule has 8 nitrogen and oxygen atoms in total. The number of hydrogen-bond acceptors (Lipinski definition) is 6. The largest absolute Gasteiger partial charge is 0.487 e. The minimum Gasteiger partial charge on any atom is -0.487 e. The summed E-state index contributed by atoms with van der Waals surface area (Å²) in [6, 6.07) is 15.5. The van der Waals surface area contributed by atoms with Crippen LogP contribution in [0.3, 0.4) is 0 Å². The molecular formula is C22H18FN3O5. The van der Waals surface area contributed by atoms with Crippen LogP contribution in [0.25, 0.3) is 5.65 Å². The second-order valence-corrected chi connectivity index (χ2v) is 6.66. The molecule has 0 aliphatic carbocycles. The maximum Gasteiger partial charge on any atom is 0.287 e. The number of nitrogens with zero attached hydrogens (tertiary/aromatic N) is 2. The maximum absolute atomic E-state index is 13.5. The van der Waals surface area contributed by atoms with Crippen molar-refractivity contribution < 1.29 is 23.2 Å². The van der Waals surface area contributed by atoms with E-state index < -0.39 is 11.7 Å². The van der Waals surface area contributed by atoms with Crippen molar-refractivity contribution in [3.63, 3.8) is 0 Å². The first kappa shape index (κ1) is 20.1. The summed E-state index contributed by atoms with van der Waals surface area (Å²) in [7, 11) is 0. The van der Waals surface area contributed by atoms with Gasteiger partial charge >= 0.3 is 0 Å². The zero-order valence-electron chi connectivity index (χ0n) is 16.5. The molecule has 4 rings (SSSR count). The molecule has 0 saturated heterocycles. The van der Waals surface area contributed by atoms with E-state index in [0.717, 1.165) is 4.57 Å². The van der Waals surface area contributed by atoms with Crippen LogP contribution in [0.15, 0.2) is 70.0 Å². The van der Waals surface area contributed by atoms with Crippen molar-refractivity contribution in [3.05, 3.63) is 88.3 Å². The van der Waals surface area contributed by atoms with Gasteiger partial charge in [-0.1, -0.05) is 12.1 Å². The highest BCUT2D eigenvalue weighted by Crippen LogP contribution is 2.18. The summed E-state index contributed by atoms with van der Waals surface area (Å²) in [4.78, 5) is 28.4. The van der Waals surface area contributed by atoms with Crippen LogP contribution < -0.4 is 20.3 Å². The van der Waals surface area contributed by atoms with Crippen molar-refractivity contribution in [1.29, 1.82) is 0 Å². The van der Waals surface area contributed by atoms with Gasteiger partial charge in [-0.15, -0.1) is 4.57 Å². The summed E-state index contributed by atoms with van der Waals surface area (Å²) >= 11 is 0. The van der Waals surface area contributed by atoms with E-state index >= 15 is 0 Å². The van der Waals surface area contributed by atoms with Gasteiger partial charge < -0.3 is 19.3 Å². The number of carbonyl (C=O) groups is 1. The number of ether oxygens (including phenoxy) is 2. The third-order valence-corrected chi connectivity index (χ3v) is 4.24. The van der Waals surface area contributed by atoms with E-state index in [9.17, 15) is 14.0 Å². The van der Waals surface area contributed by atoms with Gasteiger partial charge in [0.25, 0.3) is 11.5 Å². The van der Waals surface area contributed by atoms with E-state index in [2.05, 4.69) is 10.3 Å². The van der Waals surface area contributed by atoms with E-state index in [1.165, 1.54) is 24.3 Å². The minimum atomic E-state index is -0.531. The molecule has 0 bridgehead atoms. The number of halogens is 1. The number of aryl methyl sites for hydroxylation is 1. The molecule has 0 fully saturated rings. The fourth-order valence-electron chi connectivity index (χ4n) is 2.84. The number of nitrogens with one attached hydrogen (secondary N) is 1. The average molecular weight is 423 g/mol. The lowest BCUT2D eigenvalue weighted by atomic mass is 10.3. The van der Waals surface area contributed by atoms with E-state index in [1.54, 1.807) is 43.3 Å². The lowest BCUT2D eigenvalue weighted by Gasteiger charge is -2.09. The summed E-state index contributed by atoms with van der Waals surface area (Å²) in [6.45, 7) is 1.51. The molecule has 9 heteroatoms. The Morgan fingerprint density at radius 3 is 2.68 bits per heavy atom. The van der Waals surface area contributed by atoms with Gasteiger partial charge in [-0.05, 0) is 43.3 Å². The van der Waals surface area contributed by atoms with Gasteiger partial charge in [0.2, 0.25) is 0 Å². The highest BCUT2D eigenvalue weighted by Gasteiger charge is 2.09. The average Bonchev–Trinajstić information content (AvgIpc) is 3.13. The van der Waals surface area contributed by atoms with Gasteiger partial charge in [0, 0.05) is 17.8 Å². The second-order valence-electron chi connectivity index (χ2n) is 6.66. The molecule has 31 heavy (non-hydrogen) atoms. The number of carbonyl (C=O) groups excluding carboxylic acids is 1. The SMILES string of the molecule is Cc1cc2nc(COc3ccc(NC(=O)COc4ccccc4F)cc3)cc(=O)n2o1. The predicted octanol–water partition coefficient (Wildman–Crippen LogP) is 3.33. The molecule has 4 aromatic rings. The van der Waals surface area contributed by atoms with Gasteiger partial charge in [-0.3, -0.25) is 9.59 Å². The molecule has 2 aromatic carbocycles. The van der Waals surface area contributed by atoms with E-state index in [4.69, 9.17) is 14.0 Å². The molecule has 0 spiro atoms. The Bertz CT molecular complexity index is 1280. The lowest BCUT2D eigenvalue weighted by Crippen LogP contribution is -2.20. The molecule has 0 unspecified atom stereocenters. The summed E-state index contributed by atoms with van der Waals surface area (Å²) in [5.74, 6) is 0.172.